The number of carbonyl (C=O) groups is 1. The van der Waals surface area contributed by atoms with Crippen LogP contribution in [0.1, 0.15) is 12.0 Å². The second-order valence-corrected chi connectivity index (χ2v) is 3.68. The lowest BCUT2D eigenvalue weighted by Gasteiger charge is -1.94. The van der Waals surface area contributed by atoms with E-state index in [-0.39, 0.29) is 6.42 Å². The lowest BCUT2D eigenvalue weighted by Crippen LogP contribution is -1.76. The van der Waals surface area contributed by atoms with Crippen molar-refractivity contribution in [3.8, 4) is 11.8 Å². The van der Waals surface area contributed by atoms with Crippen LogP contribution in [0.25, 0.3) is 0 Å². The summed E-state index contributed by atoms with van der Waals surface area (Å²) in [5.41, 5.74) is 0.807. The molecule has 3 heteroatoms. The summed E-state index contributed by atoms with van der Waals surface area (Å²) in [5, 5.41) is 0.629. The predicted octanol–water partition coefficient (Wildman–Crippen LogP) is 3.04. The molecule has 66 valence electrons. The number of hydrogen-bond acceptors (Lipinski definition) is 1. The summed E-state index contributed by atoms with van der Waals surface area (Å²) in [5.74, 6) is 5.54. The lowest BCUT2D eigenvalue weighted by atomic mass is 10.2. The van der Waals surface area contributed by atoms with E-state index in [1.54, 1.807) is 12.1 Å². The van der Waals surface area contributed by atoms with Crippen molar-refractivity contribution in [2.24, 2.45) is 0 Å². The molecule has 1 aromatic rings. The molecule has 13 heavy (non-hydrogen) atoms. The van der Waals surface area contributed by atoms with Crippen molar-refractivity contribution in [1.82, 2.24) is 0 Å². The fourth-order valence-electron chi connectivity index (χ4n) is 0.821. The Morgan fingerprint density at radius 1 is 1.46 bits per heavy atom. The van der Waals surface area contributed by atoms with Crippen molar-refractivity contribution < 1.29 is 4.79 Å². The van der Waals surface area contributed by atoms with Gasteiger partial charge in [-0.05, 0) is 18.2 Å². The summed E-state index contributed by atoms with van der Waals surface area (Å²) >= 11 is 9.10. The topological polar surface area (TPSA) is 17.1 Å². The highest BCUT2D eigenvalue weighted by Gasteiger charge is 1.93. The molecule has 0 saturated carbocycles. The number of carbonyl (C=O) groups excluding carboxylic acids is 1. The molecule has 1 rings (SSSR count). The largest absolute Gasteiger partial charge is 0.302 e. The molecule has 0 fully saturated rings. The first-order valence-corrected chi connectivity index (χ1v) is 4.78. The van der Waals surface area contributed by atoms with Crippen molar-refractivity contribution in [2.45, 2.75) is 6.42 Å². The zero-order valence-corrected chi connectivity index (χ0v) is 9.02. The minimum atomic E-state index is 0.254. The van der Waals surface area contributed by atoms with Crippen LogP contribution in [0.3, 0.4) is 0 Å². The summed E-state index contributed by atoms with van der Waals surface area (Å²) in [4.78, 5) is 9.99. The van der Waals surface area contributed by atoms with Crippen LogP contribution >= 0.6 is 27.5 Å². The van der Waals surface area contributed by atoms with Crippen molar-refractivity contribution >= 4 is 33.8 Å². The minimum Gasteiger partial charge on any atom is -0.302 e. The van der Waals surface area contributed by atoms with Crippen LogP contribution < -0.4 is 0 Å². The third-order valence-electron chi connectivity index (χ3n) is 1.28. The van der Waals surface area contributed by atoms with Crippen LogP contribution in [0.5, 0.6) is 0 Å². The standard InChI is InChI=1S/C10H6BrClO/c11-9-5-8(3-1-2-4-13)6-10(12)7-9/h4-7H,2H2. The maximum Gasteiger partial charge on any atom is 0.131 e. The fourth-order valence-corrected chi connectivity index (χ4v) is 1.68. The Bertz CT molecular complexity index is 356. The number of benzene rings is 1. The molecule has 0 saturated heterocycles. The van der Waals surface area contributed by atoms with Gasteiger partial charge in [-0.25, -0.2) is 0 Å². The van der Waals surface area contributed by atoms with Gasteiger partial charge >= 0.3 is 0 Å². The van der Waals surface area contributed by atoms with E-state index >= 15 is 0 Å². The van der Waals surface area contributed by atoms with E-state index in [1.165, 1.54) is 0 Å². The Hall–Kier alpha value is -0.780. The highest BCUT2D eigenvalue weighted by molar-refractivity contribution is 9.10. The molecule has 1 aromatic carbocycles. The van der Waals surface area contributed by atoms with Crippen molar-refractivity contribution in [3.05, 3.63) is 33.3 Å². The minimum absolute atomic E-state index is 0.254. The van der Waals surface area contributed by atoms with Gasteiger partial charge < -0.3 is 4.79 Å². The van der Waals surface area contributed by atoms with Crippen LogP contribution in [-0.2, 0) is 4.79 Å². The van der Waals surface area contributed by atoms with Crippen LogP contribution in [0.2, 0.25) is 5.02 Å². The van der Waals surface area contributed by atoms with Crippen molar-refractivity contribution in [2.75, 3.05) is 0 Å². The molecular weight excluding hydrogens is 251 g/mol. The smallest absolute Gasteiger partial charge is 0.131 e. The molecule has 0 aliphatic carbocycles. The first-order valence-electron chi connectivity index (χ1n) is 3.61. The van der Waals surface area contributed by atoms with Gasteiger partial charge in [-0.15, -0.1) is 0 Å². The average molecular weight is 258 g/mol. The molecule has 0 radical (unpaired) electrons. The molecule has 0 atom stereocenters. The molecule has 0 spiro atoms. The second kappa shape index (κ2) is 5.06. The third-order valence-corrected chi connectivity index (χ3v) is 1.96. The predicted molar refractivity (Wildman–Crippen MR) is 56.7 cm³/mol. The zero-order valence-electron chi connectivity index (χ0n) is 6.68. The summed E-state index contributed by atoms with van der Waals surface area (Å²) in [6, 6.07) is 5.39. The van der Waals surface area contributed by atoms with Gasteiger partial charge in [0.15, 0.2) is 0 Å². The summed E-state index contributed by atoms with van der Waals surface area (Å²) in [6.45, 7) is 0. The normalized spacial score (nSPS) is 8.77. The maximum absolute atomic E-state index is 9.99. The Morgan fingerprint density at radius 2 is 2.23 bits per heavy atom. The second-order valence-electron chi connectivity index (χ2n) is 2.33. The summed E-state index contributed by atoms with van der Waals surface area (Å²) in [7, 11) is 0. The molecule has 1 nitrogen and oxygen atoms in total. The first kappa shape index (κ1) is 10.3. The van der Waals surface area contributed by atoms with Crippen LogP contribution in [0.15, 0.2) is 22.7 Å². The molecule has 0 amide bonds. The Labute approximate surface area is 90.2 Å². The van der Waals surface area contributed by atoms with Gasteiger partial charge in [-0.2, -0.15) is 0 Å². The van der Waals surface area contributed by atoms with Gasteiger partial charge in [0.25, 0.3) is 0 Å². The highest BCUT2D eigenvalue weighted by atomic mass is 79.9. The van der Waals surface area contributed by atoms with E-state index in [2.05, 4.69) is 27.8 Å². The number of halogens is 2. The van der Waals surface area contributed by atoms with E-state index in [0.29, 0.717) is 5.02 Å². The quantitative estimate of drug-likeness (QED) is 0.558. The van der Waals surface area contributed by atoms with E-state index in [0.717, 1.165) is 16.3 Å². The molecule has 0 heterocycles. The third kappa shape index (κ3) is 3.63. The van der Waals surface area contributed by atoms with E-state index < -0.39 is 0 Å². The Morgan fingerprint density at radius 3 is 2.85 bits per heavy atom. The summed E-state index contributed by atoms with van der Waals surface area (Å²) in [6.07, 6.45) is 1.02. The lowest BCUT2D eigenvalue weighted by molar-refractivity contribution is -0.107. The zero-order chi connectivity index (χ0) is 9.68. The van der Waals surface area contributed by atoms with Crippen molar-refractivity contribution in [3.63, 3.8) is 0 Å². The molecule has 0 N–H and O–H groups in total. The number of aldehydes is 1. The highest BCUT2D eigenvalue weighted by Crippen LogP contribution is 2.18. The SMILES string of the molecule is O=CCC#Cc1cc(Cl)cc(Br)c1. The fraction of sp³-hybridized carbons (Fsp3) is 0.100. The van der Waals surface area contributed by atoms with E-state index in [9.17, 15) is 4.79 Å². The number of hydrogen-bond donors (Lipinski definition) is 0. The van der Waals surface area contributed by atoms with Gasteiger partial charge in [0, 0.05) is 15.1 Å². The molecular formula is C10H6BrClO. The molecule has 0 aromatic heterocycles. The number of rotatable bonds is 1. The van der Waals surface area contributed by atoms with E-state index in [1.807, 2.05) is 6.07 Å². The molecule has 0 aliphatic heterocycles. The van der Waals surface area contributed by atoms with Gasteiger partial charge in [0.1, 0.15) is 6.29 Å². The Balaban J connectivity index is 2.90. The van der Waals surface area contributed by atoms with Crippen LogP contribution in [0.4, 0.5) is 0 Å². The van der Waals surface area contributed by atoms with Gasteiger partial charge in [-0.1, -0.05) is 39.4 Å². The molecule has 0 bridgehead atoms. The van der Waals surface area contributed by atoms with Crippen LogP contribution in [0, 0.1) is 11.8 Å². The van der Waals surface area contributed by atoms with Gasteiger partial charge in [-0.3, -0.25) is 0 Å². The molecule has 0 unspecified atom stereocenters. The van der Waals surface area contributed by atoms with Crippen molar-refractivity contribution in [1.29, 1.82) is 0 Å². The maximum atomic E-state index is 9.99. The first-order chi connectivity index (χ1) is 6.22. The monoisotopic (exact) mass is 256 g/mol. The Kier molecular flexibility index (Phi) is 4.01. The van der Waals surface area contributed by atoms with Crippen LogP contribution in [-0.4, -0.2) is 6.29 Å². The van der Waals surface area contributed by atoms with E-state index in [4.69, 9.17) is 11.6 Å². The average Bonchev–Trinajstić information content (AvgIpc) is 2.03. The van der Waals surface area contributed by atoms with Gasteiger partial charge in [0.2, 0.25) is 0 Å². The van der Waals surface area contributed by atoms with Gasteiger partial charge in [0.05, 0.1) is 6.42 Å². The summed E-state index contributed by atoms with van der Waals surface area (Å²) < 4.78 is 0.885. The molecule has 0 aliphatic rings.